The monoisotopic (exact) mass is 287 g/mol. The molecule has 0 aliphatic rings. The highest BCUT2D eigenvalue weighted by Crippen LogP contribution is 2.10. The van der Waals surface area contributed by atoms with Crippen molar-refractivity contribution in [2.45, 2.75) is 26.7 Å². The first-order valence-corrected chi connectivity index (χ1v) is 7.18. The second kappa shape index (κ2) is 7.42. The van der Waals surface area contributed by atoms with Crippen LogP contribution in [-0.2, 0) is 6.42 Å². The van der Waals surface area contributed by atoms with Gasteiger partial charge < -0.3 is 15.6 Å². The highest BCUT2D eigenvalue weighted by atomic mass is 16.1. The third-order valence-electron chi connectivity index (χ3n) is 3.00. The van der Waals surface area contributed by atoms with Gasteiger partial charge in [-0.2, -0.15) is 0 Å². The van der Waals surface area contributed by atoms with Crippen LogP contribution in [0.3, 0.4) is 0 Å². The fourth-order valence-corrected chi connectivity index (χ4v) is 2.07. The van der Waals surface area contributed by atoms with Gasteiger partial charge in [0.15, 0.2) is 0 Å². The Morgan fingerprint density at radius 1 is 1.38 bits per heavy atom. The maximum Gasteiger partial charge on any atom is 0.251 e. The van der Waals surface area contributed by atoms with E-state index in [1.807, 2.05) is 13.8 Å². The summed E-state index contributed by atoms with van der Waals surface area (Å²) in [5.74, 6) is 1.61. The molecule has 0 fully saturated rings. The lowest BCUT2D eigenvalue weighted by Crippen LogP contribution is -2.25. The Morgan fingerprint density at radius 3 is 2.95 bits per heavy atom. The first kappa shape index (κ1) is 15.0. The summed E-state index contributed by atoms with van der Waals surface area (Å²) < 4.78 is 0. The summed E-state index contributed by atoms with van der Waals surface area (Å²) in [4.78, 5) is 23.7. The third kappa shape index (κ3) is 4.59. The number of nitrogens with zero attached hydrogens (tertiary/aromatic N) is 2. The zero-order valence-electron chi connectivity index (χ0n) is 12.4. The van der Waals surface area contributed by atoms with Gasteiger partial charge in [-0.3, -0.25) is 4.79 Å². The Kier molecular flexibility index (Phi) is 5.31. The van der Waals surface area contributed by atoms with Crippen LogP contribution in [0.1, 0.15) is 35.2 Å². The van der Waals surface area contributed by atoms with Crippen LogP contribution in [0.4, 0.5) is 5.82 Å². The molecule has 21 heavy (non-hydrogen) atoms. The Labute approximate surface area is 124 Å². The van der Waals surface area contributed by atoms with E-state index in [4.69, 9.17) is 0 Å². The van der Waals surface area contributed by atoms with Crippen LogP contribution in [0.25, 0.3) is 0 Å². The van der Waals surface area contributed by atoms with Crippen LogP contribution in [0, 0.1) is 6.92 Å². The number of hydrogen-bond donors (Lipinski definition) is 3. The number of rotatable bonds is 7. The number of carbonyl (C=O) groups is 1. The Morgan fingerprint density at radius 2 is 2.24 bits per heavy atom. The number of amides is 1. The molecule has 0 unspecified atom stereocenters. The maximum absolute atomic E-state index is 12.1. The van der Waals surface area contributed by atoms with Gasteiger partial charge in [-0.25, -0.2) is 9.97 Å². The zero-order valence-corrected chi connectivity index (χ0v) is 12.4. The molecule has 0 aliphatic heterocycles. The average molecular weight is 287 g/mol. The Hall–Kier alpha value is -2.37. The van der Waals surface area contributed by atoms with E-state index in [0.717, 1.165) is 36.7 Å². The van der Waals surface area contributed by atoms with E-state index in [2.05, 4.69) is 25.6 Å². The SMILES string of the molecule is CCNc1cc(C(=O)NCCCc2ncc[nH]2)cc(C)n1. The van der Waals surface area contributed by atoms with E-state index >= 15 is 0 Å². The second-order valence-corrected chi connectivity index (χ2v) is 4.81. The fraction of sp³-hybridized carbons (Fsp3) is 0.400. The van der Waals surface area contributed by atoms with E-state index in [-0.39, 0.29) is 5.91 Å². The predicted octanol–water partition coefficient (Wildman–Crippen LogP) is 1.91. The van der Waals surface area contributed by atoms with Gasteiger partial charge in [0.25, 0.3) is 5.91 Å². The minimum Gasteiger partial charge on any atom is -0.370 e. The number of nitrogens with one attached hydrogen (secondary N) is 3. The molecule has 0 saturated heterocycles. The van der Waals surface area contributed by atoms with Crippen molar-refractivity contribution >= 4 is 11.7 Å². The summed E-state index contributed by atoms with van der Waals surface area (Å²) >= 11 is 0. The summed E-state index contributed by atoms with van der Waals surface area (Å²) in [6, 6.07) is 3.57. The van der Waals surface area contributed by atoms with Crippen molar-refractivity contribution in [2.75, 3.05) is 18.4 Å². The minimum absolute atomic E-state index is 0.0703. The summed E-state index contributed by atoms with van der Waals surface area (Å²) in [7, 11) is 0. The molecule has 0 atom stereocenters. The topological polar surface area (TPSA) is 82.7 Å². The molecule has 2 aromatic heterocycles. The predicted molar refractivity (Wildman–Crippen MR) is 82.4 cm³/mol. The van der Waals surface area contributed by atoms with Gasteiger partial charge in [-0.1, -0.05) is 0 Å². The number of hydrogen-bond acceptors (Lipinski definition) is 4. The van der Waals surface area contributed by atoms with Crippen LogP contribution < -0.4 is 10.6 Å². The number of anilines is 1. The molecule has 0 spiro atoms. The van der Waals surface area contributed by atoms with Gasteiger partial charge >= 0.3 is 0 Å². The van der Waals surface area contributed by atoms with Gasteiger partial charge in [-0.15, -0.1) is 0 Å². The molecule has 6 nitrogen and oxygen atoms in total. The lowest BCUT2D eigenvalue weighted by Gasteiger charge is -2.08. The first-order chi connectivity index (χ1) is 10.2. The molecular weight excluding hydrogens is 266 g/mol. The van der Waals surface area contributed by atoms with Crippen LogP contribution in [0.5, 0.6) is 0 Å². The minimum atomic E-state index is -0.0703. The molecule has 2 heterocycles. The number of carbonyl (C=O) groups excluding carboxylic acids is 1. The van der Waals surface area contributed by atoms with E-state index in [1.165, 1.54) is 0 Å². The number of imidazole rings is 1. The van der Waals surface area contributed by atoms with Crippen molar-refractivity contribution in [3.63, 3.8) is 0 Å². The molecule has 1 amide bonds. The standard InChI is InChI=1S/C15H21N5O/c1-3-16-14-10-12(9-11(2)20-14)15(21)19-6-4-5-13-17-7-8-18-13/h7-10H,3-6H2,1-2H3,(H,16,20)(H,17,18)(H,19,21). The quantitative estimate of drug-likeness (QED) is 0.679. The van der Waals surface area contributed by atoms with Crippen LogP contribution >= 0.6 is 0 Å². The van der Waals surface area contributed by atoms with Crippen LogP contribution in [-0.4, -0.2) is 33.9 Å². The van der Waals surface area contributed by atoms with Crippen molar-refractivity contribution in [1.29, 1.82) is 0 Å². The molecule has 0 aromatic carbocycles. The van der Waals surface area contributed by atoms with Gasteiger partial charge in [-0.05, 0) is 32.4 Å². The first-order valence-electron chi connectivity index (χ1n) is 7.18. The van der Waals surface area contributed by atoms with Gasteiger partial charge in [0, 0.05) is 43.2 Å². The lowest BCUT2D eigenvalue weighted by molar-refractivity contribution is 0.0953. The van der Waals surface area contributed by atoms with Crippen molar-refractivity contribution in [3.8, 4) is 0 Å². The lowest BCUT2D eigenvalue weighted by atomic mass is 10.2. The largest absolute Gasteiger partial charge is 0.370 e. The molecule has 2 aromatic rings. The summed E-state index contributed by atoms with van der Waals surface area (Å²) in [5, 5.41) is 6.05. The normalized spacial score (nSPS) is 10.4. The molecule has 3 N–H and O–H groups in total. The fourth-order valence-electron chi connectivity index (χ4n) is 2.07. The van der Waals surface area contributed by atoms with E-state index < -0.39 is 0 Å². The Balaban J connectivity index is 1.85. The van der Waals surface area contributed by atoms with E-state index in [9.17, 15) is 4.79 Å². The van der Waals surface area contributed by atoms with E-state index in [0.29, 0.717) is 12.1 Å². The van der Waals surface area contributed by atoms with Crippen molar-refractivity contribution in [1.82, 2.24) is 20.3 Å². The van der Waals surface area contributed by atoms with Gasteiger partial charge in [0.05, 0.1) is 0 Å². The molecule has 0 radical (unpaired) electrons. The second-order valence-electron chi connectivity index (χ2n) is 4.81. The average Bonchev–Trinajstić information content (AvgIpc) is 2.96. The molecule has 0 bridgehead atoms. The van der Waals surface area contributed by atoms with Crippen molar-refractivity contribution < 1.29 is 4.79 Å². The molecule has 2 rings (SSSR count). The molecular formula is C15H21N5O. The number of aromatic amines is 1. The highest BCUT2D eigenvalue weighted by Gasteiger charge is 2.08. The Bertz CT molecular complexity index is 580. The van der Waals surface area contributed by atoms with Crippen LogP contribution in [0.15, 0.2) is 24.5 Å². The number of pyridine rings is 1. The van der Waals surface area contributed by atoms with Gasteiger partial charge in [0.1, 0.15) is 11.6 Å². The number of aryl methyl sites for hydroxylation is 2. The summed E-state index contributed by atoms with van der Waals surface area (Å²) in [6.45, 7) is 5.28. The third-order valence-corrected chi connectivity index (χ3v) is 3.00. The number of H-pyrrole nitrogens is 1. The maximum atomic E-state index is 12.1. The van der Waals surface area contributed by atoms with Crippen molar-refractivity contribution in [2.24, 2.45) is 0 Å². The molecule has 0 saturated carbocycles. The van der Waals surface area contributed by atoms with Crippen LogP contribution in [0.2, 0.25) is 0 Å². The van der Waals surface area contributed by atoms with E-state index in [1.54, 1.807) is 24.5 Å². The van der Waals surface area contributed by atoms with Gasteiger partial charge in [0.2, 0.25) is 0 Å². The summed E-state index contributed by atoms with van der Waals surface area (Å²) in [5.41, 5.74) is 1.46. The summed E-state index contributed by atoms with van der Waals surface area (Å²) in [6.07, 6.45) is 5.21. The zero-order chi connectivity index (χ0) is 15.1. The molecule has 0 aliphatic carbocycles. The van der Waals surface area contributed by atoms with Crippen molar-refractivity contribution in [3.05, 3.63) is 41.6 Å². The molecule has 6 heteroatoms. The smallest absolute Gasteiger partial charge is 0.251 e. The highest BCUT2D eigenvalue weighted by molar-refractivity contribution is 5.94. The molecule has 112 valence electrons. The number of aromatic nitrogens is 3.